The fraction of sp³-hybridized carbons (Fsp3) is 0. The maximum Gasteiger partial charge on any atom is 0.235 e. The zero-order valence-electron chi connectivity index (χ0n) is 24.7. The second-order valence-corrected chi connectivity index (χ2v) is 12.9. The Morgan fingerprint density at radius 2 is 1.11 bits per heavy atom. The summed E-state index contributed by atoms with van der Waals surface area (Å²) >= 11 is 1.77. The van der Waals surface area contributed by atoms with E-state index in [0.717, 1.165) is 37.9 Å². The molecule has 10 rings (SSSR count). The van der Waals surface area contributed by atoms with Crippen LogP contribution < -0.4 is 0 Å². The van der Waals surface area contributed by atoms with Crippen LogP contribution in [0.4, 0.5) is 0 Å². The molecule has 0 aliphatic carbocycles. The summed E-state index contributed by atoms with van der Waals surface area (Å²) in [5.74, 6) is 0.684. The van der Waals surface area contributed by atoms with Crippen LogP contribution >= 0.6 is 11.3 Å². The van der Waals surface area contributed by atoms with Crippen molar-refractivity contribution in [1.82, 2.24) is 14.5 Å². The third kappa shape index (κ3) is 3.84. The minimum absolute atomic E-state index is 0.684. The molecule has 0 atom stereocenters. The number of fused-ring (bicyclic) bond motifs is 8. The van der Waals surface area contributed by atoms with Gasteiger partial charge in [0, 0.05) is 26.4 Å². The molecule has 0 aliphatic heterocycles. The van der Waals surface area contributed by atoms with Gasteiger partial charge in [0.1, 0.15) is 0 Å². The first-order chi connectivity index (χ1) is 22.8. The molecule has 0 spiro atoms. The summed E-state index contributed by atoms with van der Waals surface area (Å²) < 4.78 is 4.56. The SMILES string of the molecule is c1ccc(-c2nc(-n3c4ccccc4c4cc5ccccc5cc43)nc3c2sc2ccc(-c4ccc5ccccc5c4)cc23)cc1. The third-order valence-electron chi connectivity index (χ3n) is 9.17. The summed E-state index contributed by atoms with van der Waals surface area (Å²) in [5, 5.41) is 8.46. The van der Waals surface area contributed by atoms with Crippen LogP contribution in [0.25, 0.3) is 92.0 Å². The molecular weight excluding hydrogens is 579 g/mol. The molecule has 0 bridgehead atoms. The molecule has 3 aromatic heterocycles. The van der Waals surface area contributed by atoms with E-state index in [9.17, 15) is 0 Å². The van der Waals surface area contributed by atoms with Gasteiger partial charge in [-0.2, -0.15) is 0 Å². The summed E-state index contributed by atoms with van der Waals surface area (Å²) in [4.78, 5) is 10.8. The second-order valence-electron chi connectivity index (χ2n) is 11.9. The molecule has 0 fully saturated rings. The second kappa shape index (κ2) is 9.83. The van der Waals surface area contributed by atoms with E-state index in [1.807, 2.05) is 0 Å². The van der Waals surface area contributed by atoms with Gasteiger partial charge < -0.3 is 0 Å². The molecule has 0 amide bonds. The number of aromatic nitrogens is 3. The number of nitrogens with zero attached hydrogens (tertiary/aromatic N) is 3. The zero-order valence-corrected chi connectivity index (χ0v) is 25.5. The predicted molar refractivity (Wildman–Crippen MR) is 195 cm³/mol. The van der Waals surface area contributed by atoms with Gasteiger partial charge in [-0.1, -0.05) is 115 Å². The highest BCUT2D eigenvalue weighted by molar-refractivity contribution is 7.26. The summed E-state index contributed by atoms with van der Waals surface area (Å²) in [6.07, 6.45) is 0. The van der Waals surface area contributed by atoms with E-state index >= 15 is 0 Å². The van der Waals surface area contributed by atoms with Crippen LogP contribution in [-0.4, -0.2) is 14.5 Å². The molecular formula is C42H25N3S. The highest BCUT2D eigenvalue weighted by atomic mass is 32.1. The van der Waals surface area contributed by atoms with E-state index in [0.29, 0.717) is 5.95 Å². The van der Waals surface area contributed by atoms with Crippen molar-refractivity contribution >= 4 is 75.0 Å². The lowest BCUT2D eigenvalue weighted by Gasteiger charge is -2.10. The molecule has 3 nitrogen and oxygen atoms in total. The molecule has 0 radical (unpaired) electrons. The van der Waals surface area contributed by atoms with E-state index in [1.165, 1.54) is 48.1 Å². The minimum Gasteiger partial charge on any atom is -0.278 e. The van der Waals surface area contributed by atoms with Crippen molar-refractivity contribution < 1.29 is 0 Å². The molecule has 0 saturated carbocycles. The molecule has 10 aromatic rings. The minimum atomic E-state index is 0.684. The Hall–Kier alpha value is -5.84. The monoisotopic (exact) mass is 603 g/mol. The highest BCUT2D eigenvalue weighted by Crippen LogP contribution is 2.42. The van der Waals surface area contributed by atoms with Crippen LogP contribution in [0.15, 0.2) is 152 Å². The fourth-order valence-corrected chi connectivity index (χ4v) is 8.08. The Bertz CT molecular complexity index is 2810. The van der Waals surface area contributed by atoms with Gasteiger partial charge in [-0.3, -0.25) is 4.57 Å². The first kappa shape index (κ1) is 25.5. The number of hydrogen-bond acceptors (Lipinski definition) is 3. The van der Waals surface area contributed by atoms with Crippen molar-refractivity contribution in [2.24, 2.45) is 0 Å². The van der Waals surface area contributed by atoms with Gasteiger partial charge in [0.15, 0.2) is 0 Å². The number of para-hydroxylation sites is 1. The van der Waals surface area contributed by atoms with Gasteiger partial charge in [0.25, 0.3) is 0 Å². The Morgan fingerprint density at radius 3 is 1.96 bits per heavy atom. The molecule has 0 aliphatic rings. The van der Waals surface area contributed by atoms with Gasteiger partial charge in [0.05, 0.1) is 26.9 Å². The standard InChI is InChI=1S/C42H25N3S/c1-2-11-27(12-3-1)39-41-40(35-24-32(20-21-38(35)46-41)31-19-18-26-10-4-5-13-28(26)22-31)44-42(43-39)45-36-17-9-8-16-33(36)34-23-29-14-6-7-15-30(29)25-37(34)45/h1-25H. The van der Waals surface area contributed by atoms with Crippen molar-refractivity contribution in [3.63, 3.8) is 0 Å². The Balaban J connectivity index is 1.29. The first-order valence-electron chi connectivity index (χ1n) is 15.5. The maximum absolute atomic E-state index is 5.42. The predicted octanol–water partition coefficient (Wildman–Crippen LogP) is 11.6. The molecule has 0 saturated heterocycles. The zero-order chi connectivity index (χ0) is 30.2. The lowest BCUT2D eigenvalue weighted by molar-refractivity contribution is 1.02. The topological polar surface area (TPSA) is 30.7 Å². The normalized spacial score (nSPS) is 11.9. The van der Waals surface area contributed by atoms with E-state index in [4.69, 9.17) is 9.97 Å². The van der Waals surface area contributed by atoms with Crippen molar-refractivity contribution in [1.29, 1.82) is 0 Å². The largest absolute Gasteiger partial charge is 0.278 e. The van der Waals surface area contributed by atoms with Crippen LogP contribution in [0, 0.1) is 0 Å². The average Bonchev–Trinajstić information content (AvgIpc) is 3.65. The van der Waals surface area contributed by atoms with Crippen molar-refractivity contribution in [3.05, 3.63) is 152 Å². The maximum atomic E-state index is 5.42. The van der Waals surface area contributed by atoms with Gasteiger partial charge in [-0.15, -0.1) is 11.3 Å². The number of rotatable bonds is 3. The van der Waals surface area contributed by atoms with Gasteiger partial charge in [-0.25, -0.2) is 9.97 Å². The highest BCUT2D eigenvalue weighted by Gasteiger charge is 2.20. The van der Waals surface area contributed by atoms with Crippen LogP contribution in [-0.2, 0) is 0 Å². The number of thiophene rings is 1. The van der Waals surface area contributed by atoms with Gasteiger partial charge in [0.2, 0.25) is 5.95 Å². The molecule has 0 N–H and O–H groups in total. The van der Waals surface area contributed by atoms with E-state index < -0.39 is 0 Å². The quantitative estimate of drug-likeness (QED) is 0.201. The van der Waals surface area contributed by atoms with E-state index in [2.05, 4.69) is 156 Å². The lowest BCUT2D eigenvalue weighted by Crippen LogP contribution is -2.02. The molecule has 3 heterocycles. The van der Waals surface area contributed by atoms with Crippen LogP contribution in [0.3, 0.4) is 0 Å². The van der Waals surface area contributed by atoms with E-state index in [1.54, 1.807) is 11.3 Å². The summed E-state index contributed by atoms with van der Waals surface area (Å²) in [6.45, 7) is 0. The molecule has 214 valence electrons. The fourth-order valence-electron chi connectivity index (χ4n) is 6.94. The smallest absolute Gasteiger partial charge is 0.235 e. The average molecular weight is 604 g/mol. The Kier molecular flexibility index (Phi) is 5.45. The Labute approximate surface area is 268 Å². The first-order valence-corrected chi connectivity index (χ1v) is 16.3. The van der Waals surface area contributed by atoms with Crippen LogP contribution in [0.1, 0.15) is 0 Å². The van der Waals surface area contributed by atoms with Crippen molar-refractivity contribution in [3.8, 4) is 28.3 Å². The van der Waals surface area contributed by atoms with E-state index in [-0.39, 0.29) is 0 Å². The summed E-state index contributed by atoms with van der Waals surface area (Å²) in [5.41, 5.74) is 7.62. The van der Waals surface area contributed by atoms with Gasteiger partial charge in [-0.05, 0) is 69.1 Å². The van der Waals surface area contributed by atoms with Gasteiger partial charge >= 0.3 is 0 Å². The van der Waals surface area contributed by atoms with Crippen molar-refractivity contribution in [2.45, 2.75) is 0 Å². The molecule has 7 aromatic carbocycles. The number of benzene rings is 7. The van der Waals surface area contributed by atoms with Crippen LogP contribution in [0.5, 0.6) is 0 Å². The van der Waals surface area contributed by atoms with Crippen LogP contribution in [0.2, 0.25) is 0 Å². The third-order valence-corrected chi connectivity index (χ3v) is 10.3. The summed E-state index contributed by atoms with van der Waals surface area (Å²) in [7, 11) is 0. The molecule has 0 unspecified atom stereocenters. The molecule has 4 heteroatoms. The molecule has 46 heavy (non-hydrogen) atoms. The Morgan fingerprint density at radius 1 is 0.435 bits per heavy atom. The van der Waals surface area contributed by atoms with Crippen molar-refractivity contribution in [2.75, 3.05) is 0 Å². The summed E-state index contributed by atoms with van der Waals surface area (Å²) in [6, 6.07) is 54.3. The lowest BCUT2D eigenvalue weighted by atomic mass is 10.00. The number of hydrogen-bond donors (Lipinski definition) is 0.